The van der Waals surface area contributed by atoms with Crippen molar-refractivity contribution in [1.82, 2.24) is 9.80 Å². The Kier molecular flexibility index (Phi) is 5.05. The lowest BCUT2D eigenvalue weighted by Crippen LogP contribution is -2.45. The van der Waals surface area contributed by atoms with E-state index < -0.39 is 0 Å². The second kappa shape index (κ2) is 6.08. The normalized spacial score (nSPS) is 19.1. The highest BCUT2D eigenvalue weighted by Gasteiger charge is 2.19. The van der Waals surface area contributed by atoms with Gasteiger partial charge in [0.2, 0.25) is 5.91 Å². The van der Waals surface area contributed by atoms with Crippen molar-refractivity contribution < 1.29 is 4.79 Å². The van der Waals surface area contributed by atoms with Crippen molar-refractivity contribution in [3.8, 4) is 0 Å². The fourth-order valence-corrected chi connectivity index (χ4v) is 1.88. The zero-order valence-corrected chi connectivity index (χ0v) is 9.91. The summed E-state index contributed by atoms with van der Waals surface area (Å²) in [7, 11) is 1.88. The Hall–Kier alpha value is -0.610. The van der Waals surface area contributed by atoms with Gasteiger partial charge in [-0.05, 0) is 19.3 Å². The molecule has 0 radical (unpaired) electrons. The first-order chi connectivity index (χ1) is 7.13. The molecule has 2 N–H and O–H groups in total. The molecule has 4 heteroatoms. The number of carbonyl (C=O) groups is 1. The van der Waals surface area contributed by atoms with Gasteiger partial charge in [-0.1, -0.05) is 6.92 Å². The molecule has 0 aliphatic carbocycles. The average molecular weight is 213 g/mol. The summed E-state index contributed by atoms with van der Waals surface area (Å²) >= 11 is 0. The highest BCUT2D eigenvalue weighted by molar-refractivity contribution is 5.77. The molecule has 0 aromatic rings. The van der Waals surface area contributed by atoms with Crippen LogP contribution in [0.3, 0.4) is 0 Å². The van der Waals surface area contributed by atoms with E-state index in [0.717, 1.165) is 38.9 Å². The molecule has 1 fully saturated rings. The SMILES string of the molecule is CCCN(C)C(=O)CN1CCC(N)CC1. The van der Waals surface area contributed by atoms with Crippen LogP contribution in [0, 0.1) is 0 Å². The number of amides is 1. The Labute approximate surface area is 92.4 Å². The lowest BCUT2D eigenvalue weighted by atomic mass is 10.1. The van der Waals surface area contributed by atoms with Crippen molar-refractivity contribution in [3.05, 3.63) is 0 Å². The molecule has 0 atom stereocenters. The Morgan fingerprint density at radius 2 is 2.07 bits per heavy atom. The molecule has 1 aliphatic rings. The van der Waals surface area contributed by atoms with E-state index in [1.165, 1.54) is 0 Å². The summed E-state index contributed by atoms with van der Waals surface area (Å²) in [6.07, 6.45) is 3.06. The van der Waals surface area contributed by atoms with E-state index in [-0.39, 0.29) is 5.91 Å². The average Bonchev–Trinajstić information content (AvgIpc) is 2.22. The summed E-state index contributed by atoms with van der Waals surface area (Å²) in [5.74, 6) is 0.229. The van der Waals surface area contributed by atoms with Crippen LogP contribution in [0.5, 0.6) is 0 Å². The molecular formula is C11H23N3O. The van der Waals surface area contributed by atoms with Gasteiger partial charge in [0.05, 0.1) is 6.54 Å². The van der Waals surface area contributed by atoms with E-state index in [9.17, 15) is 4.79 Å². The zero-order valence-electron chi connectivity index (χ0n) is 9.91. The molecule has 0 aromatic heterocycles. The minimum absolute atomic E-state index is 0.229. The second-order valence-electron chi connectivity index (χ2n) is 4.43. The summed E-state index contributed by atoms with van der Waals surface area (Å²) < 4.78 is 0. The smallest absolute Gasteiger partial charge is 0.236 e. The van der Waals surface area contributed by atoms with Gasteiger partial charge in [-0.2, -0.15) is 0 Å². The summed E-state index contributed by atoms with van der Waals surface area (Å²) in [4.78, 5) is 15.8. The fraction of sp³-hybridized carbons (Fsp3) is 0.909. The number of rotatable bonds is 4. The van der Waals surface area contributed by atoms with Gasteiger partial charge in [0.1, 0.15) is 0 Å². The highest BCUT2D eigenvalue weighted by atomic mass is 16.2. The summed E-state index contributed by atoms with van der Waals surface area (Å²) in [6, 6.07) is 0.338. The van der Waals surface area contributed by atoms with Gasteiger partial charge in [0, 0.05) is 32.7 Å². The number of nitrogens with zero attached hydrogens (tertiary/aromatic N) is 2. The van der Waals surface area contributed by atoms with Crippen LogP contribution in [0.15, 0.2) is 0 Å². The largest absolute Gasteiger partial charge is 0.345 e. The highest BCUT2D eigenvalue weighted by Crippen LogP contribution is 2.07. The zero-order chi connectivity index (χ0) is 11.3. The van der Waals surface area contributed by atoms with E-state index in [1.54, 1.807) is 0 Å². The lowest BCUT2D eigenvalue weighted by molar-refractivity contribution is -0.131. The van der Waals surface area contributed by atoms with E-state index in [4.69, 9.17) is 5.73 Å². The van der Waals surface area contributed by atoms with Crippen molar-refractivity contribution in [2.24, 2.45) is 5.73 Å². The van der Waals surface area contributed by atoms with Crippen molar-refractivity contribution in [2.45, 2.75) is 32.2 Å². The second-order valence-corrected chi connectivity index (χ2v) is 4.43. The van der Waals surface area contributed by atoms with Gasteiger partial charge in [-0.25, -0.2) is 0 Å². The third-order valence-corrected chi connectivity index (χ3v) is 2.98. The van der Waals surface area contributed by atoms with Crippen molar-refractivity contribution in [1.29, 1.82) is 0 Å². The van der Waals surface area contributed by atoms with Crippen LogP contribution >= 0.6 is 0 Å². The third-order valence-electron chi connectivity index (χ3n) is 2.98. The molecule has 1 rings (SSSR count). The maximum Gasteiger partial charge on any atom is 0.236 e. The van der Waals surface area contributed by atoms with Gasteiger partial charge < -0.3 is 10.6 Å². The number of hydrogen-bond acceptors (Lipinski definition) is 3. The molecule has 1 saturated heterocycles. The predicted molar refractivity (Wildman–Crippen MR) is 61.6 cm³/mol. The van der Waals surface area contributed by atoms with Crippen LogP contribution in [0.1, 0.15) is 26.2 Å². The van der Waals surface area contributed by atoms with Crippen LogP contribution in [0.4, 0.5) is 0 Å². The van der Waals surface area contributed by atoms with Crippen LogP contribution in [-0.4, -0.2) is 55.0 Å². The fourth-order valence-electron chi connectivity index (χ4n) is 1.88. The minimum Gasteiger partial charge on any atom is -0.345 e. The number of piperidine rings is 1. The first kappa shape index (κ1) is 12.5. The van der Waals surface area contributed by atoms with Gasteiger partial charge >= 0.3 is 0 Å². The van der Waals surface area contributed by atoms with Crippen LogP contribution in [-0.2, 0) is 4.79 Å². The summed E-state index contributed by atoms with van der Waals surface area (Å²) in [5, 5.41) is 0. The first-order valence-corrected chi connectivity index (χ1v) is 5.85. The molecule has 0 unspecified atom stereocenters. The standard InChI is InChI=1S/C11H23N3O/c1-3-6-13(2)11(15)9-14-7-4-10(12)5-8-14/h10H,3-9,12H2,1-2H3. The molecule has 0 bridgehead atoms. The predicted octanol–water partition coefficient (Wildman–Crippen LogP) is 0.278. The Morgan fingerprint density at radius 3 is 2.60 bits per heavy atom. The molecule has 1 heterocycles. The number of likely N-dealkylation sites (N-methyl/N-ethyl adjacent to an activating group) is 1. The minimum atomic E-state index is 0.229. The summed E-state index contributed by atoms with van der Waals surface area (Å²) in [5.41, 5.74) is 5.81. The third kappa shape index (κ3) is 4.18. The lowest BCUT2D eigenvalue weighted by Gasteiger charge is -2.30. The molecular weight excluding hydrogens is 190 g/mol. The van der Waals surface area contributed by atoms with Gasteiger partial charge in [-0.15, -0.1) is 0 Å². The van der Waals surface area contributed by atoms with E-state index in [2.05, 4.69) is 11.8 Å². The maximum atomic E-state index is 11.7. The van der Waals surface area contributed by atoms with E-state index >= 15 is 0 Å². The molecule has 0 spiro atoms. The van der Waals surface area contributed by atoms with E-state index in [0.29, 0.717) is 12.6 Å². The maximum absolute atomic E-state index is 11.7. The molecule has 1 aliphatic heterocycles. The number of carbonyl (C=O) groups excluding carboxylic acids is 1. The van der Waals surface area contributed by atoms with Gasteiger partial charge in [0.25, 0.3) is 0 Å². The van der Waals surface area contributed by atoms with Gasteiger partial charge in [-0.3, -0.25) is 9.69 Å². The monoisotopic (exact) mass is 213 g/mol. The van der Waals surface area contributed by atoms with Crippen molar-refractivity contribution >= 4 is 5.91 Å². The van der Waals surface area contributed by atoms with Crippen LogP contribution in [0.2, 0.25) is 0 Å². The van der Waals surface area contributed by atoms with Gasteiger partial charge in [0.15, 0.2) is 0 Å². The van der Waals surface area contributed by atoms with E-state index in [1.807, 2.05) is 11.9 Å². The first-order valence-electron chi connectivity index (χ1n) is 5.85. The molecule has 4 nitrogen and oxygen atoms in total. The molecule has 0 saturated carbocycles. The van der Waals surface area contributed by atoms with Crippen LogP contribution in [0.25, 0.3) is 0 Å². The van der Waals surface area contributed by atoms with Crippen molar-refractivity contribution in [3.63, 3.8) is 0 Å². The molecule has 1 amide bonds. The number of likely N-dealkylation sites (tertiary alicyclic amines) is 1. The Balaban J connectivity index is 2.25. The van der Waals surface area contributed by atoms with Crippen molar-refractivity contribution in [2.75, 3.05) is 33.2 Å². The molecule has 0 aromatic carbocycles. The molecule has 15 heavy (non-hydrogen) atoms. The topological polar surface area (TPSA) is 49.6 Å². The number of hydrogen-bond donors (Lipinski definition) is 1. The Bertz CT molecular complexity index is 200. The van der Waals surface area contributed by atoms with Crippen LogP contribution < -0.4 is 5.73 Å². The Morgan fingerprint density at radius 1 is 1.47 bits per heavy atom. The number of nitrogens with two attached hydrogens (primary N) is 1. The quantitative estimate of drug-likeness (QED) is 0.729. The molecule has 88 valence electrons. The summed E-state index contributed by atoms with van der Waals surface area (Å²) in [6.45, 7) is 5.43.